The van der Waals surface area contributed by atoms with E-state index < -0.39 is 0 Å². The second-order valence-electron chi connectivity index (χ2n) is 4.56. The summed E-state index contributed by atoms with van der Waals surface area (Å²) in [5.41, 5.74) is 1.80. The molecule has 0 atom stereocenters. The van der Waals surface area contributed by atoms with Crippen LogP contribution in [0.4, 0.5) is 4.39 Å². The summed E-state index contributed by atoms with van der Waals surface area (Å²) in [7, 11) is 0. The van der Waals surface area contributed by atoms with Gasteiger partial charge < -0.3 is 10.1 Å². The zero-order valence-electron chi connectivity index (χ0n) is 11.5. The zero-order chi connectivity index (χ0) is 14.5. The Balaban J connectivity index is 2.19. The molecule has 1 N–H and O–H groups in total. The van der Waals surface area contributed by atoms with Crippen LogP contribution in [-0.2, 0) is 6.54 Å². The highest BCUT2D eigenvalue weighted by Gasteiger charge is 2.08. The molecule has 20 heavy (non-hydrogen) atoms. The summed E-state index contributed by atoms with van der Waals surface area (Å²) in [6.45, 7) is 5.39. The highest BCUT2D eigenvalue weighted by Crippen LogP contribution is 2.29. The van der Waals surface area contributed by atoms with Gasteiger partial charge in [-0.15, -0.1) is 0 Å². The van der Waals surface area contributed by atoms with Gasteiger partial charge in [-0.1, -0.05) is 30.7 Å². The molecule has 0 heterocycles. The third kappa shape index (κ3) is 3.71. The van der Waals surface area contributed by atoms with Crippen molar-refractivity contribution in [3.8, 4) is 11.5 Å². The van der Waals surface area contributed by atoms with Gasteiger partial charge in [0.15, 0.2) is 11.6 Å². The quantitative estimate of drug-likeness (QED) is 0.863. The summed E-state index contributed by atoms with van der Waals surface area (Å²) in [5.74, 6) is 0.395. The lowest BCUT2D eigenvalue weighted by atomic mass is 10.2. The van der Waals surface area contributed by atoms with Gasteiger partial charge in [0.1, 0.15) is 5.75 Å². The van der Waals surface area contributed by atoms with E-state index in [1.165, 1.54) is 6.07 Å². The van der Waals surface area contributed by atoms with Crippen LogP contribution in [0.1, 0.15) is 18.1 Å². The van der Waals surface area contributed by atoms with Crippen LogP contribution in [0.15, 0.2) is 36.4 Å². The number of aryl methyl sites for hydroxylation is 1. The lowest BCUT2D eigenvalue weighted by Gasteiger charge is -2.11. The minimum atomic E-state index is -0.375. The van der Waals surface area contributed by atoms with Gasteiger partial charge in [0.05, 0.1) is 0 Å². The number of hydrogen-bond acceptors (Lipinski definition) is 2. The Bertz CT molecular complexity index is 601. The molecule has 0 aliphatic heterocycles. The normalized spacial score (nSPS) is 10.6. The highest BCUT2D eigenvalue weighted by molar-refractivity contribution is 6.30. The second-order valence-corrected chi connectivity index (χ2v) is 4.99. The largest absolute Gasteiger partial charge is 0.454 e. The molecule has 2 aromatic rings. The lowest BCUT2D eigenvalue weighted by molar-refractivity contribution is 0.439. The van der Waals surface area contributed by atoms with Gasteiger partial charge in [-0.05, 0) is 48.9 Å². The van der Waals surface area contributed by atoms with Gasteiger partial charge in [0.25, 0.3) is 0 Å². The summed E-state index contributed by atoms with van der Waals surface area (Å²) in [6, 6.07) is 10.3. The van der Waals surface area contributed by atoms with Crippen molar-refractivity contribution in [3.63, 3.8) is 0 Å². The van der Waals surface area contributed by atoms with E-state index >= 15 is 0 Å². The van der Waals surface area contributed by atoms with Crippen molar-refractivity contribution in [1.82, 2.24) is 5.32 Å². The Morgan fingerprint density at radius 3 is 2.65 bits per heavy atom. The minimum absolute atomic E-state index is 0.204. The van der Waals surface area contributed by atoms with Crippen LogP contribution in [0.5, 0.6) is 11.5 Å². The predicted molar refractivity (Wildman–Crippen MR) is 80.0 cm³/mol. The van der Waals surface area contributed by atoms with Gasteiger partial charge in [-0.3, -0.25) is 0 Å². The molecule has 0 aromatic heterocycles. The maximum absolute atomic E-state index is 14.0. The molecule has 0 aliphatic rings. The van der Waals surface area contributed by atoms with E-state index in [1.54, 1.807) is 18.2 Å². The van der Waals surface area contributed by atoms with Crippen LogP contribution < -0.4 is 10.1 Å². The van der Waals surface area contributed by atoms with Crippen molar-refractivity contribution in [2.45, 2.75) is 20.4 Å². The van der Waals surface area contributed by atoms with Gasteiger partial charge >= 0.3 is 0 Å². The number of nitrogens with one attached hydrogen (secondary N) is 1. The van der Waals surface area contributed by atoms with Gasteiger partial charge in [0, 0.05) is 11.6 Å². The fourth-order valence-corrected chi connectivity index (χ4v) is 1.97. The van der Waals surface area contributed by atoms with Crippen LogP contribution in [0.2, 0.25) is 5.02 Å². The van der Waals surface area contributed by atoms with Crippen LogP contribution >= 0.6 is 11.6 Å². The first-order valence-electron chi connectivity index (χ1n) is 6.53. The highest BCUT2D eigenvalue weighted by atomic mass is 35.5. The third-order valence-corrected chi connectivity index (χ3v) is 3.18. The monoisotopic (exact) mass is 293 g/mol. The van der Waals surface area contributed by atoms with Crippen LogP contribution in [-0.4, -0.2) is 6.54 Å². The molecule has 0 fully saturated rings. The summed E-state index contributed by atoms with van der Waals surface area (Å²) >= 11 is 5.92. The smallest absolute Gasteiger partial charge is 0.166 e. The van der Waals surface area contributed by atoms with E-state index in [9.17, 15) is 4.39 Å². The molecular weight excluding hydrogens is 277 g/mol. The van der Waals surface area contributed by atoms with Crippen LogP contribution in [0, 0.1) is 12.7 Å². The van der Waals surface area contributed by atoms with Gasteiger partial charge in [-0.25, -0.2) is 4.39 Å². The molecular formula is C16H17ClFNO. The molecule has 0 aliphatic carbocycles. The average Bonchev–Trinajstić information content (AvgIpc) is 2.43. The summed E-state index contributed by atoms with van der Waals surface area (Å²) < 4.78 is 19.6. The molecule has 0 amide bonds. The number of rotatable bonds is 5. The molecule has 2 nitrogen and oxygen atoms in total. The number of hydrogen-bond donors (Lipinski definition) is 1. The first-order valence-corrected chi connectivity index (χ1v) is 6.91. The van der Waals surface area contributed by atoms with Crippen molar-refractivity contribution in [3.05, 3.63) is 58.4 Å². The molecule has 4 heteroatoms. The SMILES string of the molecule is CCNCc1ccc(Oc2cc(Cl)ccc2C)c(F)c1. The molecule has 0 bridgehead atoms. The molecule has 0 radical (unpaired) electrons. The second kappa shape index (κ2) is 6.73. The average molecular weight is 294 g/mol. The van der Waals surface area contributed by atoms with Gasteiger partial charge in [0.2, 0.25) is 0 Å². The number of halogens is 2. The summed E-state index contributed by atoms with van der Waals surface area (Å²) in [6.07, 6.45) is 0. The Hall–Kier alpha value is -1.58. The fraction of sp³-hybridized carbons (Fsp3) is 0.250. The van der Waals surface area contributed by atoms with E-state index in [0.29, 0.717) is 17.3 Å². The van der Waals surface area contributed by atoms with E-state index in [-0.39, 0.29) is 11.6 Å². The summed E-state index contributed by atoms with van der Waals surface area (Å²) in [5, 5.41) is 3.72. The van der Waals surface area contributed by atoms with E-state index in [2.05, 4.69) is 5.32 Å². The van der Waals surface area contributed by atoms with Gasteiger partial charge in [-0.2, -0.15) is 0 Å². The van der Waals surface area contributed by atoms with Crippen molar-refractivity contribution in [1.29, 1.82) is 0 Å². The Morgan fingerprint density at radius 2 is 1.95 bits per heavy atom. The van der Waals surface area contributed by atoms with Crippen LogP contribution in [0.25, 0.3) is 0 Å². The first-order chi connectivity index (χ1) is 9.60. The van der Waals surface area contributed by atoms with Crippen molar-refractivity contribution >= 4 is 11.6 Å². The Kier molecular flexibility index (Phi) is 4.99. The Labute approximate surface area is 123 Å². The number of benzene rings is 2. The first kappa shape index (κ1) is 14.8. The standard InChI is InChI=1S/C16H17ClFNO/c1-3-19-10-12-5-7-15(14(18)8-12)20-16-9-13(17)6-4-11(16)2/h4-9,19H,3,10H2,1-2H3. The predicted octanol–water partition coefficient (Wildman–Crippen LogP) is 4.69. The minimum Gasteiger partial charge on any atom is -0.454 e. The molecule has 106 valence electrons. The van der Waals surface area contributed by atoms with Crippen molar-refractivity contribution in [2.24, 2.45) is 0 Å². The summed E-state index contributed by atoms with van der Waals surface area (Å²) in [4.78, 5) is 0. The van der Waals surface area contributed by atoms with E-state index in [0.717, 1.165) is 17.7 Å². The molecule has 0 unspecified atom stereocenters. The topological polar surface area (TPSA) is 21.3 Å². The third-order valence-electron chi connectivity index (χ3n) is 2.95. The molecule has 2 aromatic carbocycles. The van der Waals surface area contributed by atoms with E-state index in [1.807, 2.05) is 26.0 Å². The lowest BCUT2D eigenvalue weighted by Crippen LogP contribution is -2.11. The van der Waals surface area contributed by atoms with Crippen molar-refractivity contribution in [2.75, 3.05) is 6.54 Å². The van der Waals surface area contributed by atoms with Crippen LogP contribution in [0.3, 0.4) is 0 Å². The molecule has 0 saturated heterocycles. The van der Waals surface area contributed by atoms with E-state index in [4.69, 9.17) is 16.3 Å². The fourth-order valence-electron chi connectivity index (χ4n) is 1.81. The Morgan fingerprint density at radius 1 is 1.15 bits per heavy atom. The number of ether oxygens (including phenoxy) is 1. The molecule has 0 spiro atoms. The van der Waals surface area contributed by atoms with Crippen molar-refractivity contribution < 1.29 is 9.13 Å². The molecule has 2 rings (SSSR count). The zero-order valence-corrected chi connectivity index (χ0v) is 12.3. The maximum atomic E-state index is 14.0. The maximum Gasteiger partial charge on any atom is 0.166 e. The molecule has 0 saturated carbocycles.